The first-order chi connectivity index (χ1) is 13.2. The van der Waals surface area contributed by atoms with Crippen LogP contribution in [-0.2, 0) is 4.74 Å². The molecule has 0 bridgehead atoms. The molecule has 2 aromatic rings. The second-order valence-corrected chi connectivity index (χ2v) is 7.33. The lowest BCUT2D eigenvalue weighted by molar-refractivity contribution is 0.0989. The fraction of sp³-hybridized carbons (Fsp3) is 0.476. The number of benzene rings is 1. The Morgan fingerprint density at radius 2 is 2.07 bits per heavy atom. The van der Waals surface area contributed by atoms with Gasteiger partial charge in [-0.1, -0.05) is 12.1 Å². The minimum Gasteiger partial charge on any atom is -0.497 e. The molecule has 0 radical (unpaired) electrons. The molecule has 0 saturated carbocycles. The van der Waals surface area contributed by atoms with Crippen LogP contribution in [0.1, 0.15) is 31.4 Å². The highest BCUT2D eigenvalue weighted by atomic mass is 16.5. The van der Waals surface area contributed by atoms with Gasteiger partial charge in [-0.3, -0.25) is 4.79 Å². The summed E-state index contributed by atoms with van der Waals surface area (Å²) in [7, 11) is 1.69. The van der Waals surface area contributed by atoms with Crippen molar-refractivity contribution in [2.45, 2.75) is 31.8 Å². The lowest BCUT2D eigenvalue weighted by Crippen LogP contribution is -2.44. The van der Waals surface area contributed by atoms with Gasteiger partial charge in [0.25, 0.3) is 5.56 Å². The van der Waals surface area contributed by atoms with Gasteiger partial charge in [0.05, 0.1) is 26.4 Å². The molecule has 0 amide bonds. The Morgan fingerprint density at radius 1 is 1.19 bits per heavy atom. The predicted octanol–water partition coefficient (Wildman–Crippen LogP) is 2.95. The standard InChI is InChI=1S/C21H27N3O3/c1-15-14-27-10-9-23(15)17-12-20(22-21(25)13-17)24-8-4-7-19(24)16-5-3-6-18(11-16)26-2/h3,5-6,11-13,15,19H,4,7-10,14H2,1-2H3,(H,22,25)/t15-,19+/m1/s1. The summed E-state index contributed by atoms with van der Waals surface area (Å²) >= 11 is 0. The number of nitrogens with one attached hydrogen (secondary N) is 1. The fourth-order valence-electron chi connectivity index (χ4n) is 4.20. The van der Waals surface area contributed by atoms with Crippen molar-refractivity contribution in [1.29, 1.82) is 0 Å². The van der Waals surface area contributed by atoms with Gasteiger partial charge in [-0.05, 0) is 37.5 Å². The van der Waals surface area contributed by atoms with Gasteiger partial charge in [-0.25, -0.2) is 0 Å². The number of aromatic nitrogens is 1. The average molecular weight is 369 g/mol. The Bertz CT molecular complexity index is 851. The van der Waals surface area contributed by atoms with Gasteiger partial charge in [-0.2, -0.15) is 0 Å². The summed E-state index contributed by atoms with van der Waals surface area (Å²) in [6.07, 6.45) is 2.16. The fourth-order valence-corrected chi connectivity index (χ4v) is 4.20. The lowest BCUT2D eigenvalue weighted by atomic mass is 10.0. The number of aromatic amines is 1. The van der Waals surface area contributed by atoms with E-state index >= 15 is 0 Å². The van der Waals surface area contributed by atoms with Crippen molar-refractivity contribution in [2.24, 2.45) is 0 Å². The summed E-state index contributed by atoms with van der Waals surface area (Å²) in [5, 5.41) is 0. The number of H-pyrrole nitrogens is 1. The molecular weight excluding hydrogens is 342 g/mol. The van der Waals surface area contributed by atoms with Crippen LogP contribution in [0.25, 0.3) is 0 Å². The zero-order valence-corrected chi connectivity index (χ0v) is 16.0. The molecule has 2 aliphatic rings. The van der Waals surface area contributed by atoms with E-state index in [2.05, 4.69) is 39.9 Å². The maximum Gasteiger partial charge on any atom is 0.251 e. The van der Waals surface area contributed by atoms with E-state index in [1.807, 2.05) is 12.1 Å². The molecule has 2 aliphatic heterocycles. The quantitative estimate of drug-likeness (QED) is 0.898. The lowest BCUT2D eigenvalue weighted by Gasteiger charge is -2.36. The molecule has 0 aliphatic carbocycles. The zero-order chi connectivity index (χ0) is 18.8. The van der Waals surface area contributed by atoms with Crippen molar-refractivity contribution in [3.63, 3.8) is 0 Å². The molecule has 6 heteroatoms. The minimum absolute atomic E-state index is 0.0579. The van der Waals surface area contributed by atoms with Crippen LogP contribution in [0.2, 0.25) is 0 Å². The molecule has 0 spiro atoms. The molecule has 0 unspecified atom stereocenters. The van der Waals surface area contributed by atoms with Gasteiger partial charge in [0, 0.05) is 37.0 Å². The van der Waals surface area contributed by atoms with E-state index in [0.29, 0.717) is 13.2 Å². The van der Waals surface area contributed by atoms with Crippen LogP contribution in [0.15, 0.2) is 41.2 Å². The van der Waals surface area contributed by atoms with Crippen molar-refractivity contribution < 1.29 is 9.47 Å². The van der Waals surface area contributed by atoms with E-state index in [1.165, 1.54) is 5.56 Å². The third kappa shape index (κ3) is 3.67. The van der Waals surface area contributed by atoms with Gasteiger partial charge < -0.3 is 24.3 Å². The first-order valence-electron chi connectivity index (χ1n) is 9.65. The van der Waals surface area contributed by atoms with E-state index in [0.717, 1.165) is 43.2 Å². The van der Waals surface area contributed by atoms with Gasteiger partial charge in [-0.15, -0.1) is 0 Å². The van der Waals surface area contributed by atoms with E-state index in [4.69, 9.17) is 9.47 Å². The summed E-state index contributed by atoms with van der Waals surface area (Å²) in [5.41, 5.74) is 2.14. The molecule has 3 heterocycles. The Balaban J connectivity index is 1.66. The first kappa shape index (κ1) is 17.9. The van der Waals surface area contributed by atoms with Crippen LogP contribution in [0.4, 0.5) is 11.5 Å². The van der Waals surface area contributed by atoms with Gasteiger partial charge in [0.1, 0.15) is 11.6 Å². The molecule has 2 saturated heterocycles. The number of anilines is 2. The smallest absolute Gasteiger partial charge is 0.251 e. The first-order valence-corrected chi connectivity index (χ1v) is 9.65. The molecule has 2 fully saturated rings. The highest BCUT2D eigenvalue weighted by Gasteiger charge is 2.28. The molecule has 2 atom stereocenters. The second-order valence-electron chi connectivity index (χ2n) is 7.33. The molecule has 4 rings (SSSR count). The van der Waals surface area contributed by atoms with Crippen molar-refractivity contribution in [2.75, 3.05) is 43.2 Å². The highest BCUT2D eigenvalue weighted by Crippen LogP contribution is 2.37. The van der Waals surface area contributed by atoms with Gasteiger partial charge in [0.15, 0.2) is 0 Å². The van der Waals surface area contributed by atoms with Crippen molar-refractivity contribution in [3.8, 4) is 5.75 Å². The molecule has 1 N–H and O–H groups in total. The monoisotopic (exact) mass is 369 g/mol. The third-order valence-corrected chi connectivity index (χ3v) is 5.55. The van der Waals surface area contributed by atoms with E-state index < -0.39 is 0 Å². The van der Waals surface area contributed by atoms with Crippen LogP contribution in [0.5, 0.6) is 5.75 Å². The third-order valence-electron chi connectivity index (χ3n) is 5.55. The molecule has 1 aromatic carbocycles. The van der Waals surface area contributed by atoms with E-state index in [1.54, 1.807) is 13.2 Å². The molecular formula is C21H27N3O3. The van der Waals surface area contributed by atoms with Gasteiger partial charge in [0.2, 0.25) is 0 Å². The SMILES string of the molecule is COc1cccc([C@@H]2CCCN2c2cc(N3CCOC[C@H]3C)cc(=O)[nH]2)c1. The number of ether oxygens (including phenoxy) is 2. The number of pyridine rings is 1. The van der Waals surface area contributed by atoms with Crippen molar-refractivity contribution in [3.05, 3.63) is 52.3 Å². The van der Waals surface area contributed by atoms with Crippen LogP contribution in [0.3, 0.4) is 0 Å². The zero-order valence-electron chi connectivity index (χ0n) is 16.0. The number of methoxy groups -OCH3 is 1. The number of hydrogen-bond donors (Lipinski definition) is 1. The van der Waals surface area contributed by atoms with Gasteiger partial charge >= 0.3 is 0 Å². The number of morpholine rings is 1. The van der Waals surface area contributed by atoms with Crippen LogP contribution in [-0.4, -0.2) is 44.4 Å². The maximum atomic E-state index is 12.4. The molecule has 27 heavy (non-hydrogen) atoms. The van der Waals surface area contributed by atoms with Crippen LogP contribution in [0, 0.1) is 0 Å². The summed E-state index contributed by atoms with van der Waals surface area (Å²) in [6.45, 7) is 5.26. The molecule has 1 aromatic heterocycles. The number of hydrogen-bond acceptors (Lipinski definition) is 5. The molecule has 144 valence electrons. The number of nitrogens with zero attached hydrogens (tertiary/aromatic N) is 2. The Labute approximate surface area is 159 Å². The van der Waals surface area contributed by atoms with E-state index in [-0.39, 0.29) is 17.6 Å². The Kier molecular flexibility index (Phi) is 5.07. The van der Waals surface area contributed by atoms with Crippen molar-refractivity contribution >= 4 is 11.5 Å². The number of rotatable bonds is 4. The Morgan fingerprint density at radius 3 is 2.89 bits per heavy atom. The van der Waals surface area contributed by atoms with Crippen LogP contribution < -0.4 is 20.1 Å². The predicted molar refractivity (Wildman–Crippen MR) is 107 cm³/mol. The topological polar surface area (TPSA) is 57.8 Å². The van der Waals surface area contributed by atoms with Crippen molar-refractivity contribution in [1.82, 2.24) is 4.98 Å². The summed E-state index contributed by atoms with van der Waals surface area (Å²) in [4.78, 5) is 20.0. The second kappa shape index (κ2) is 7.64. The average Bonchev–Trinajstić information content (AvgIpc) is 3.18. The maximum absolute atomic E-state index is 12.4. The minimum atomic E-state index is -0.0579. The summed E-state index contributed by atoms with van der Waals surface area (Å²) < 4.78 is 10.9. The largest absolute Gasteiger partial charge is 0.497 e. The molecule has 6 nitrogen and oxygen atoms in total. The Hall–Kier alpha value is -2.47. The highest BCUT2D eigenvalue weighted by molar-refractivity contribution is 5.57. The summed E-state index contributed by atoms with van der Waals surface area (Å²) in [6, 6.07) is 12.5. The summed E-state index contributed by atoms with van der Waals surface area (Å²) in [5.74, 6) is 1.75. The van der Waals surface area contributed by atoms with Crippen LogP contribution >= 0.6 is 0 Å². The van der Waals surface area contributed by atoms with E-state index in [9.17, 15) is 4.79 Å². The normalized spacial score (nSPS) is 22.9.